The van der Waals surface area contributed by atoms with Crippen LogP contribution < -0.4 is 4.90 Å². The lowest BCUT2D eigenvalue weighted by atomic mass is 10.1. The van der Waals surface area contributed by atoms with Gasteiger partial charge in [-0.2, -0.15) is 13.2 Å². The summed E-state index contributed by atoms with van der Waals surface area (Å²) >= 11 is 0. The number of halogens is 3. The lowest BCUT2D eigenvalue weighted by Gasteiger charge is -2.36. The molecule has 0 unspecified atom stereocenters. The average molecular weight is 427 g/mol. The maximum Gasteiger partial charge on any atom is 0.416 e. The highest BCUT2D eigenvalue weighted by Crippen LogP contribution is 2.32. The van der Waals surface area contributed by atoms with Crippen LogP contribution in [0.25, 0.3) is 11.3 Å². The molecule has 2 aromatic carbocycles. The van der Waals surface area contributed by atoms with Crippen molar-refractivity contribution >= 4 is 17.4 Å². The Labute approximate surface area is 177 Å². The van der Waals surface area contributed by atoms with E-state index in [4.69, 9.17) is 0 Å². The SMILES string of the molecule is O=C(C(=O)N1CCN(c2cccc(C(F)(F)F)c2)CC1)c1c[nH]c(-c2ccccc2)c1. The third kappa shape index (κ3) is 4.47. The monoisotopic (exact) mass is 427 g/mol. The number of aromatic amines is 1. The maximum atomic E-state index is 13.0. The molecule has 1 amide bonds. The Morgan fingerprint density at radius 1 is 0.871 bits per heavy atom. The number of hydrogen-bond donors (Lipinski definition) is 1. The first kappa shape index (κ1) is 20.7. The summed E-state index contributed by atoms with van der Waals surface area (Å²) in [6.45, 7) is 1.22. The highest BCUT2D eigenvalue weighted by Gasteiger charge is 2.32. The fourth-order valence-corrected chi connectivity index (χ4v) is 3.62. The van der Waals surface area contributed by atoms with Gasteiger partial charge in [0, 0.05) is 49.3 Å². The molecule has 5 nitrogen and oxygen atoms in total. The predicted octanol–water partition coefficient (Wildman–Crippen LogP) is 4.23. The molecular weight excluding hydrogens is 407 g/mol. The summed E-state index contributed by atoms with van der Waals surface area (Å²) in [4.78, 5) is 31.6. The van der Waals surface area contributed by atoms with Gasteiger partial charge in [0.15, 0.2) is 0 Å². The second-order valence-electron chi connectivity index (χ2n) is 7.32. The van der Waals surface area contributed by atoms with E-state index < -0.39 is 23.4 Å². The van der Waals surface area contributed by atoms with Gasteiger partial charge < -0.3 is 14.8 Å². The Bertz CT molecular complexity index is 1080. The minimum Gasteiger partial charge on any atom is -0.368 e. The van der Waals surface area contributed by atoms with Crippen molar-refractivity contribution in [2.45, 2.75) is 6.18 Å². The molecule has 1 aliphatic rings. The van der Waals surface area contributed by atoms with Crippen molar-refractivity contribution in [2.24, 2.45) is 0 Å². The van der Waals surface area contributed by atoms with Crippen LogP contribution in [0.2, 0.25) is 0 Å². The summed E-state index contributed by atoms with van der Waals surface area (Å²) in [7, 11) is 0. The molecule has 0 atom stereocenters. The summed E-state index contributed by atoms with van der Waals surface area (Å²) < 4.78 is 38.9. The van der Waals surface area contributed by atoms with E-state index in [-0.39, 0.29) is 18.7 Å². The highest BCUT2D eigenvalue weighted by atomic mass is 19.4. The number of aromatic nitrogens is 1. The molecule has 0 bridgehead atoms. The minimum absolute atomic E-state index is 0.261. The highest BCUT2D eigenvalue weighted by molar-refractivity contribution is 6.42. The van der Waals surface area contributed by atoms with Crippen LogP contribution in [0.4, 0.5) is 18.9 Å². The van der Waals surface area contributed by atoms with Crippen molar-refractivity contribution in [3.8, 4) is 11.3 Å². The van der Waals surface area contributed by atoms with Crippen LogP contribution in [0.3, 0.4) is 0 Å². The lowest BCUT2D eigenvalue weighted by Crippen LogP contribution is -2.50. The fraction of sp³-hybridized carbons (Fsp3) is 0.217. The molecule has 160 valence electrons. The Kier molecular flexibility index (Phi) is 5.54. The minimum atomic E-state index is -4.41. The summed E-state index contributed by atoms with van der Waals surface area (Å²) in [5.41, 5.74) is 1.67. The van der Waals surface area contributed by atoms with Gasteiger partial charge in [0.2, 0.25) is 0 Å². The number of ketones is 1. The summed E-state index contributed by atoms with van der Waals surface area (Å²) in [5.74, 6) is -1.21. The Morgan fingerprint density at radius 2 is 1.58 bits per heavy atom. The van der Waals surface area contributed by atoms with Gasteiger partial charge >= 0.3 is 6.18 Å². The van der Waals surface area contributed by atoms with Crippen LogP contribution in [-0.2, 0) is 11.0 Å². The van der Waals surface area contributed by atoms with Crippen LogP contribution >= 0.6 is 0 Å². The number of hydrogen-bond acceptors (Lipinski definition) is 3. The molecular formula is C23H20F3N3O2. The van der Waals surface area contributed by atoms with Crippen LogP contribution in [0, 0.1) is 0 Å². The second-order valence-corrected chi connectivity index (χ2v) is 7.32. The zero-order valence-corrected chi connectivity index (χ0v) is 16.5. The van der Waals surface area contributed by atoms with E-state index >= 15 is 0 Å². The fourth-order valence-electron chi connectivity index (χ4n) is 3.62. The summed E-state index contributed by atoms with van der Waals surface area (Å²) in [5, 5.41) is 0. The number of anilines is 1. The molecule has 31 heavy (non-hydrogen) atoms. The molecule has 3 aromatic rings. The van der Waals surface area contributed by atoms with E-state index in [0.717, 1.165) is 23.4 Å². The second kappa shape index (κ2) is 8.29. The number of carbonyl (C=O) groups excluding carboxylic acids is 2. The number of alkyl halides is 3. The van der Waals surface area contributed by atoms with Crippen LogP contribution in [0.15, 0.2) is 66.9 Å². The van der Waals surface area contributed by atoms with Gasteiger partial charge in [0.1, 0.15) is 0 Å². The smallest absolute Gasteiger partial charge is 0.368 e. The van der Waals surface area contributed by atoms with Gasteiger partial charge in [-0.1, -0.05) is 36.4 Å². The zero-order chi connectivity index (χ0) is 22.0. The molecule has 0 saturated carbocycles. The summed E-state index contributed by atoms with van der Waals surface area (Å²) in [6.07, 6.45) is -2.89. The van der Waals surface area contributed by atoms with E-state index in [0.29, 0.717) is 18.8 Å². The van der Waals surface area contributed by atoms with E-state index in [1.807, 2.05) is 30.3 Å². The van der Waals surface area contributed by atoms with Gasteiger partial charge in [0.05, 0.1) is 5.56 Å². The molecule has 1 saturated heterocycles. The first-order valence-corrected chi connectivity index (χ1v) is 9.82. The predicted molar refractivity (Wildman–Crippen MR) is 111 cm³/mol. The number of H-pyrrole nitrogens is 1. The quantitative estimate of drug-likeness (QED) is 0.501. The molecule has 0 radical (unpaired) electrons. The number of amides is 1. The molecule has 1 aromatic heterocycles. The largest absolute Gasteiger partial charge is 0.416 e. The van der Waals surface area contributed by atoms with Crippen molar-refractivity contribution in [1.82, 2.24) is 9.88 Å². The molecule has 0 spiro atoms. The van der Waals surface area contributed by atoms with E-state index in [1.165, 1.54) is 17.2 Å². The number of nitrogens with one attached hydrogen (secondary N) is 1. The van der Waals surface area contributed by atoms with Crippen LogP contribution in [0.1, 0.15) is 15.9 Å². The third-order valence-corrected chi connectivity index (χ3v) is 5.33. The van der Waals surface area contributed by atoms with Crippen LogP contribution in [-0.4, -0.2) is 47.8 Å². The number of Topliss-reactive ketones (excluding diaryl/α,β-unsaturated/α-hetero) is 1. The first-order valence-electron chi connectivity index (χ1n) is 9.82. The van der Waals surface area contributed by atoms with E-state index in [9.17, 15) is 22.8 Å². The van der Waals surface area contributed by atoms with Crippen molar-refractivity contribution in [3.05, 3.63) is 78.0 Å². The molecule has 2 heterocycles. The standard InChI is InChI=1S/C23H20F3N3O2/c24-23(25,26)18-7-4-8-19(14-18)28-9-11-29(12-10-28)22(31)21(30)17-13-20(27-15-17)16-5-2-1-3-6-16/h1-8,13-15,27H,9-12H2. The van der Waals surface area contributed by atoms with E-state index in [2.05, 4.69) is 4.98 Å². The number of carbonyl (C=O) groups is 2. The summed E-state index contributed by atoms with van der Waals surface area (Å²) in [6, 6.07) is 16.2. The molecule has 1 N–H and O–H groups in total. The molecule has 0 aliphatic carbocycles. The number of rotatable bonds is 4. The van der Waals surface area contributed by atoms with Crippen LogP contribution in [0.5, 0.6) is 0 Å². The Hall–Kier alpha value is -3.55. The molecule has 1 fully saturated rings. The number of benzene rings is 2. The van der Waals surface area contributed by atoms with Gasteiger partial charge in [-0.05, 0) is 29.8 Å². The van der Waals surface area contributed by atoms with Crippen molar-refractivity contribution in [3.63, 3.8) is 0 Å². The average Bonchev–Trinajstić information content (AvgIpc) is 3.29. The van der Waals surface area contributed by atoms with Crippen molar-refractivity contribution in [2.75, 3.05) is 31.1 Å². The van der Waals surface area contributed by atoms with Crippen molar-refractivity contribution in [1.29, 1.82) is 0 Å². The zero-order valence-electron chi connectivity index (χ0n) is 16.5. The normalized spacial score (nSPS) is 14.5. The van der Waals surface area contributed by atoms with Gasteiger partial charge in [-0.3, -0.25) is 9.59 Å². The van der Waals surface area contributed by atoms with Gasteiger partial charge in [-0.15, -0.1) is 0 Å². The van der Waals surface area contributed by atoms with Crippen molar-refractivity contribution < 1.29 is 22.8 Å². The topological polar surface area (TPSA) is 56.4 Å². The molecule has 1 aliphatic heterocycles. The Morgan fingerprint density at radius 3 is 2.26 bits per heavy atom. The van der Waals surface area contributed by atoms with E-state index in [1.54, 1.807) is 17.0 Å². The maximum absolute atomic E-state index is 13.0. The molecule has 8 heteroatoms. The lowest BCUT2D eigenvalue weighted by molar-refractivity contribution is -0.137. The first-order chi connectivity index (χ1) is 14.8. The Balaban J connectivity index is 1.40. The van der Waals surface area contributed by atoms with Gasteiger partial charge in [0.25, 0.3) is 11.7 Å². The number of piperazine rings is 1. The molecule has 4 rings (SSSR count). The van der Waals surface area contributed by atoms with Gasteiger partial charge in [-0.25, -0.2) is 0 Å². The third-order valence-electron chi connectivity index (χ3n) is 5.33. The number of nitrogens with zero attached hydrogens (tertiary/aromatic N) is 2.